The summed E-state index contributed by atoms with van der Waals surface area (Å²) in [7, 11) is 0. The van der Waals surface area contributed by atoms with Gasteiger partial charge in [0.25, 0.3) is 0 Å². The minimum atomic E-state index is -0.883. The number of nitriles is 1. The fourth-order valence-corrected chi connectivity index (χ4v) is 9.05. The summed E-state index contributed by atoms with van der Waals surface area (Å²) in [6, 6.07) is 6.25. The molecular weight excluding hydrogens is 612 g/mol. The third-order valence-corrected chi connectivity index (χ3v) is 11.4. The smallest absolute Gasteiger partial charge is 0.319 e. The number of rotatable bonds is 6. The van der Waals surface area contributed by atoms with Crippen LogP contribution in [0.1, 0.15) is 49.3 Å². The number of nitrogens with one attached hydrogen (secondary N) is 1. The van der Waals surface area contributed by atoms with Crippen molar-refractivity contribution in [2.24, 2.45) is 0 Å². The Morgan fingerprint density at radius 2 is 1.93 bits per heavy atom. The molecule has 0 aliphatic carbocycles. The Bertz CT molecular complexity index is 1920. The SMILES string of the molecule is N#Cc1c(-c2ccc(F)c3sc(N)nc23)c(C2COC2)nc2c(N3CC4CCC(C3)N4)nc(OC[C@@]34CCCN3C[C@H](F)C4)nc12. The number of nitrogens with two attached hydrogens (primary N) is 1. The maximum atomic E-state index is 14.9. The summed E-state index contributed by atoms with van der Waals surface area (Å²) in [4.78, 5) is 24.0. The third-order valence-electron chi connectivity index (χ3n) is 10.5. The maximum Gasteiger partial charge on any atom is 0.319 e. The van der Waals surface area contributed by atoms with E-state index in [4.69, 9.17) is 30.2 Å². The number of hydrogen-bond donors (Lipinski definition) is 2. The summed E-state index contributed by atoms with van der Waals surface area (Å²) in [5.74, 6) is 0.125. The maximum absolute atomic E-state index is 14.9. The van der Waals surface area contributed by atoms with Gasteiger partial charge in [-0.25, -0.2) is 18.7 Å². The Hall–Kier alpha value is -3.77. The van der Waals surface area contributed by atoms with E-state index >= 15 is 0 Å². The highest BCUT2D eigenvalue weighted by Gasteiger charge is 2.49. The zero-order chi connectivity index (χ0) is 31.2. The van der Waals surface area contributed by atoms with Gasteiger partial charge in [0, 0.05) is 55.2 Å². The van der Waals surface area contributed by atoms with Gasteiger partial charge in [0.15, 0.2) is 10.9 Å². The van der Waals surface area contributed by atoms with Crippen molar-refractivity contribution in [1.82, 2.24) is 30.2 Å². The molecule has 14 heteroatoms. The summed E-state index contributed by atoms with van der Waals surface area (Å²) in [6.45, 7) is 3.92. The molecule has 5 aliphatic rings. The van der Waals surface area contributed by atoms with Crippen LogP contribution in [0.2, 0.25) is 0 Å². The highest BCUT2D eigenvalue weighted by molar-refractivity contribution is 7.22. The Balaban J connectivity index is 1.25. The lowest BCUT2D eigenvalue weighted by molar-refractivity contribution is 0.00707. The molecule has 5 fully saturated rings. The molecule has 5 saturated heterocycles. The van der Waals surface area contributed by atoms with E-state index in [0.29, 0.717) is 87.7 Å². The van der Waals surface area contributed by atoms with E-state index in [9.17, 15) is 14.0 Å². The van der Waals surface area contributed by atoms with Crippen molar-refractivity contribution in [2.45, 2.75) is 61.8 Å². The molecule has 3 aromatic heterocycles. The largest absolute Gasteiger partial charge is 0.461 e. The molecule has 0 radical (unpaired) electrons. The molecule has 0 amide bonds. The molecular formula is C32H33F2N9O2S. The van der Waals surface area contributed by atoms with Gasteiger partial charge in [0.05, 0.1) is 40.2 Å². The predicted octanol–water partition coefficient (Wildman–Crippen LogP) is 3.90. The monoisotopic (exact) mass is 645 g/mol. The van der Waals surface area contributed by atoms with E-state index in [1.165, 1.54) is 6.07 Å². The first-order valence-corrected chi connectivity index (χ1v) is 16.8. The lowest BCUT2D eigenvalue weighted by Crippen LogP contribution is -2.51. The molecule has 46 heavy (non-hydrogen) atoms. The van der Waals surface area contributed by atoms with Gasteiger partial charge in [-0.3, -0.25) is 4.90 Å². The highest BCUT2D eigenvalue weighted by atomic mass is 32.1. The molecule has 11 nitrogen and oxygen atoms in total. The summed E-state index contributed by atoms with van der Waals surface area (Å²) in [5.41, 5.74) is 9.02. The first-order valence-electron chi connectivity index (χ1n) is 16.0. The number of pyridine rings is 1. The Morgan fingerprint density at radius 3 is 2.70 bits per heavy atom. The van der Waals surface area contributed by atoms with E-state index in [-0.39, 0.29) is 29.2 Å². The summed E-state index contributed by atoms with van der Waals surface area (Å²) in [6.07, 6.45) is 3.56. The van der Waals surface area contributed by atoms with Crippen LogP contribution in [0.15, 0.2) is 12.1 Å². The quantitative estimate of drug-likeness (QED) is 0.316. The second-order valence-electron chi connectivity index (χ2n) is 13.4. The van der Waals surface area contributed by atoms with Crippen LogP contribution < -0.4 is 20.7 Å². The molecule has 238 valence electrons. The number of anilines is 2. The van der Waals surface area contributed by atoms with Gasteiger partial charge in [-0.1, -0.05) is 11.3 Å². The molecule has 0 spiro atoms. The lowest BCUT2D eigenvalue weighted by Gasteiger charge is -2.35. The van der Waals surface area contributed by atoms with Crippen LogP contribution >= 0.6 is 11.3 Å². The number of fused-ring (bicyclic) bond motifs is 5. The number of alkyl halides is 1. The van der Waals surface area contributed by atoms with Gasteiger partial charge in [0.2, 0.25) is 0 Å². The highest BCUT2D eigenvalue weighted by Crippen LogP contribution is 2.44. The Labute approximate surface area is 267 Å². The lowest BCUT2D eigenvalue weighted by atomic mass is 9.89. The summed E-state index contributed by atoms with van der Waals surface area (Å²) < 4.78 is 41.8. The minimum Gasteiger partial charge on any atom is -0.461 e. The number of hydrogen-bond acceptors (Lipinski definition) is 12. The van der Waals surface area contributed by atoms with Crippen LogP contribution in [0.4, 0.5) is 19.7 Å². The zero-order valence-electron chi connectivity index (χ0n) is 25.1. The number of benzene rings is 1. The van der Waals surface area contributed by atoms with E-state index in [1.54, 1.807) is 6.07 Å². The number of nitrogens with zero attached hydrogens (tertiary/aromatic N) is 7. The number of nitrogen functional groups attached to an aromatic ring is 1. The van der Waals surface area contributed by atoms with Crippen LogP contribution in [-0.4, -0.2) is 94.6 Å². The summed E-state index contributed by atoms with van der Waals surface area (Å²) >= 11 is 1.07. The normalized spacial score (nSPS) is 27.8. The van der Waals surface area contributed by atoms with Gasteiger partial charge in [-0.2, -0.15) is 15.2 Å². The van der Waals surface area contributed by atoms with Crippen molar-refractivity contribution < 1.29 is 18.3 Å². The predicted molar refractivity (Wildman–Crippen MR) is 169 cm³/mol. The van der Waals surface area contributed by atoms with Crippen LogP contribution in [0.25, 0.3) is 32.4 Å². The molecule has 2 bridgehead atoms. The average molecular weight is 646 g/mol. The van der Waals surface area contributed by atoms with Crippen LogP contribution in [-0.2, 0) is 4.74 Å². The Morgan fingerprint density at radius 1 is 1.11 bits per heavy atom. The topological polar surface area (TPSA) is 138 Å². The molecule has 9 rings (SSSR count). The fraction of sp³-hybridized carbons (Fsp3) is 0.531. The van der Waals surface area contributed by atoms with Crippen LogP contribution in [0.5, 0.6) is 6.01 Å². The van der Waals surface area contributed by atoms with Gasteiger partial charge in [-0.05, 0) is 44.4 Å². The number of halogens is 2. The molecule has 0 saturated carbocycles. The van der Waals surface area contributed by atoms with Crippen LogP contribution in [0, 0.1) is 17.1 Å². The third kappa shape index (κ3) is 4.43. The molecule has 2 unspecified atom stereocenters. The number of piperazine rings is 1. The molecule has 1 aromatic carbocycles. The minimum absolute atomic E-state index is 0.0750. The first kappa shape index (κ1) is 28.5. The van der Waals surface area contributed by atoms with Crippen molar-refractivity contribution in [3.63, 3.8) is 0 Å². The van der Waals surface area contributed by atoms with Crippen molar-refractivity contribution in [2.75, 3.05) is 56.6 Å². The van der Waals surface area contributed by atoms with E-state index < -0.39 is 12.0 Å². The van der Waals surface area contributed by atoms with E-state index in [1.807, 2.05) is 0 Å². The summed E-state index contributed by atoms with van der Waals surface area (Å²) in [5, 5.41) is 14.8. The van der Waals surface area contributed by atoms with Crippen molar-refractivity contribution in [3.8, 4) is 23.2 Å². The van der Waals surface area contributed by atoms with Crippen LogP contribution in [0.3, 0.4) is 0 Å². The molecule has 3 N–H and O–H groups in total. The second-order valence-corrected chi connectivity index (χ2v) is 14.4. The number of ether oxygens (including phenoxy) is 2. The van der Waals surface area contributed by atoms with E-state index in [2.05, 4.69) is 26.2 Å². The fourth-order valence-electron chi connectivity index (χ4n) is 8.29. The standard InChI is InChI=1S/C32H33F2N9O2S/c33-17-8-32(6-1-7-43(32)10-17)15-45-31-40-25-21(9-35)23(20-4-5-22(34)28-26(20)39-30(36)46-28)24(16-13-44-14-16)38-27(25)29(41-31)42-11-18-2-3-19(12-42)37-18/h4-5,16-19,37H,1-3,6-8,10-15H2,(H2,36,39)/t17-,18?,19?,32+/m1/s1. The molecule has 4 atom stereocenters. The molecule has 4 aromatic rings. The van der Waals surface area contributed by atoms with Gasteiger partial charge < -0.3 is 25.4 Å². The van der Waals surface area contributed by atoms with Gasteiger partial charge in [-0.15, -0.1) is 0 Å². The first-order chi connectivity index (χ1) is 22.4. The zero-order valence-corrected chi connectivity index (χ0v) is 26.0. The molecule has 8 heterocycles. The Kier molecular flexibility index (Phi) is 6.58. The number of aromatic nitrogens is 4. The van der Waals surface area contributed by atoms with Crippen molar-refractivity contribution >= 4 is 43.5 Å². The van der Waals surface area contributed by atoms with Crippen molar-refractivity contribution in [1.29, 1.82) is 5.26 Å². The van der Waals surface area contributed by atoms with Crippen molar-refractivity contribution in [3.05, 3.63) is 29.2 Å². The van der Waals surface area contributed by atoms with E-state index in [0.717, 1.165) is 56.7 Å². The average Bonchev–Trinajstić information content (AvgIpc) is 3.76. The second kappa shape index (κ2) is 10.6. The molecule has 5 aliphatic heterocycles. The number of thiazole rings is 1. The van der Waals surface area contributed by atoms with Gasteiger partial charge >= 0.3 is 6.01 Å². The van der Waals surface area contributed by atoms with Gasteiger partial charge in [0.1, 0.15) is 35.7 Å².